The molecule has 0 saturated carbocycles. The summed E-state index contributed by atoms with van der Waals surface area (Å²) in [7, 11) is 1.59. The van der Waals surface area contributed by atoms with Crippen molar-refractivity contribution in [1.29, 1.82) is 0 Å². The van der Waals surface area contributed by atoms with E-state index in [4.69, 9.17) is 27.9 Å². The number of Topliss-reactive ketones (excluding diaryl/α,β-unsaturated/α-hetero) is 1. The number of halogens is 5. The summed E-state index contributed by atoms with van der Waals surface area (Å²) in [6.07, 6.45) is 0. The van der Waals surface area contributed by atoms with Crippen LogP contribution in [0.25, 0.3) is 0 Å². The van der Waals surface area contributed by atoms with Crippen molar-refractivity contribution in [2.75, 3.05) is 7.11 Å². The molecule has 0 radical (unpaired) electrons. The summed E-state index contributed by atoms with van der Waals surface area (Å²) in [4.78, 5) is 11.9. The van der Waals surface area contributed by atoms with E-state index in [2.05, 4.69) is 47.8 Å². The Balaban J connectivity index is 2.34. The number of ketones is 1. The van der Waals surface area contributed by atoms with E-state index in [1.807, 2.05) is 18.2 Å². The van der Waals surface area contributed by atoms with Crippen molar-refractivity contribution in [3.63, 3.8) is 0 Å². The first kappa shape index (κ1) is 19.3. The summed E-state index contributed by atoms with van der Waals surface area (Å²) >= 11 is 22.5. The van der Waals surface area contributed by atoms with Gasteiger partial charge < -0.3 is 4.74 Å². The molecule has 0 fully saturated rings. The molecule has 0 N–H and O–H groups in total. The lowest BCUT2D eigenvalue weighted by atomic mass is 10.0. The van der Waals surface area contributed by atoms with Crippen molar-refractivity contribution >= 4 is 76.8 Å². The van der Waals surface area contributed by atoms with Crippen molar-refractivity contribution in [2.45, 2.75) is 9.65 Å². The molecule has 0 heterocycles. The maximum absolute atomic E-state index is 12.7. The minimum atomic E-state index is -0.524. The second kappa shape index (κ2) is 8.34. The summed E-state index contributed by atoms with van der Waals surface area (Å²) in [5, 5.41) is 0.814. The minimum absolute atomic E-state index is 0.143. The zero-order valence-corrected chi connectivity index (χ0v) is 18.1. The Morgan fingerprint density at radius 2 is 1.83 bits per heavy atom. The Morgan fingerprint density at radius 3 is 2.43 bits per heavy atom. The molecule has 2 rings (SSSR count). The fourth-order valence-corrected chi connectivity index (χ4v) is 4.06. The maximum atomic E-state index is 12.7. The number of carbonyl (C=O) groups excluding carboxylic acids is 1. The monoisotopic (exact) mass is 542 g/mol. The Morgan fingerprint density at radius 1 is 1.13 bits per heavy atom. The molecule has 0 spiro atoms. The number of benzene rings is 2. The summed E-state index contributed by atoms with van der Waals surface area (Å²) in [5.74, 6) is 0.546. The summed E-state index contributed by atoms with van der Waals surface area (Å²) in [5.41, 5.74) is 1.26. The molecule has 0 amide bonds. The molecule has 2 nitrogen and oxygen atoms in total. The van der Waals surface area contributed by atoms with Crippen LogP contribution in [0.2, 0.25) is 10.0 Å². The zero-order valence-electron chi connectivity index (χ0n) is 11.8. The van der Waals surface area contributed by atoms with Gasteiger partial charge in [0.05, 0.1) is 21.8 Å². The van der Waals surface area contributed by atoms with Gasteiger partial charge >= 0.3 is 0 Å². The Labute approximate surface area is 169 Å². The molecule has 2 atom stereocenters. The first-order valence-corrected chi connectivity index (χ1v) is 9.84. The smallest absolute Gasteiger partial charge is 0.179 e. The van der Waals surface area contributed by atoms with Crippen LogP contribution in [-0.4, -0.2) is 17.7 Å². The molecule has 122 valence electrons. The largest absolute Gasteiger partial charge is 0.496 e. The van der Waals surface area contributed by atoms with Gasteiger partial charge in [-0.15, -0.1) is 0 Å². The van der Waals surface area contributed by atoms with E-state index in [0.29, 0.717) is 21.4 Å². The van der Waals surface area contributed by atoms with E-state index in [1.54, 1.807) is 25.3 Å². The predicted molar refractivity (Wildman–Crippen MR) is 106 cm³/mol. The molecular weight excluding hydrogens is 535 g/mol. The van der Waals surface area contributed by atoms with Crippen LogP contribution < -0.4 is 4.74 Å². The third-order valence-corrected chi connectivity index (χ3v) is 6.91. The highest BCUT2D eigenvalue weighted by atomic mass is 79.9. The van der Waals surface area contributed by atoms with E-state index in [1.165, 1.54) is 0 Å². The van der Waals surface area contributed by atoms with Gasteiger partial charge in [-0.1, -0.05) is 71.0 Å². The quantitative estimate of drug-likeness (QED) is 0.303. The van der Waals surface area contributed by atoms with Crippen molar-refractivity contribution < 1.29 is 9.53 Å². The van der Waals surface area contributed by atoms with Crippen LogP contribution >= 0.6 is 71.0 Å². The number of methoxy groups -OCH3 is 1. The van der Waals surface area contributed by atoms with Gasteiger partial charge in [-0.3, -0.25) is 4.79 Å². The molecule has 0 aromatic heterocycles. The average molecular weight is 546 g/mol. The average Bonchev–Trinajstić information content (AvgIpc) is 2.52. The van der Waals surface area contributed by atoms with Gasteiger partial charge in [0.2, 0.25) is 0 Å². The van der Waals surface area contributed by atoms with Crippen LogP contribution in [0, 0.1) is 0 Å². The third-order valence-electron chi connectivity index (χ3n) is 3.19. The van der Waals surface area contributed by atoms with E-state index in [0.717, 1.165) is 10.0 Å². The van der Waals surface area contributed by atoms with Crippen LogP contribution in [-0.2, 0) is 0 Å². The molecule has 2 aromatic rings. The lowest BCUT2D eigenvalue weighted by Crippen LogP contribution is -2.20. The molecular formula is C16H11Br3Cl2O2. The summed E-state index contributed by atoms with van der Waals surface area (Å²) in [6, 6.07) is 10.4. The van der Waals surface area contributed by atoms with Gasteiger partial charge in [0, 0.05) is 20.6 Å². The summed E-state index contributed by atoms with van der Waals surface area (Å²) in [6.45, 7) is 0. The number of ether oxygens (including phenoxy) is 1. The van der Waals surface area contributed by atoms with Gasteiger partial charge in [0.25, 0.3) is 0 Å². The number of alkyl halides is 2. The van der Waals surface area contributed by atoms with Crippen LogP contribution in [0.4, 0.5) is 0 Å². The van der Waals surface area contributed by atoms with E-state index < -0.39 is 4.83 Å². The lowest BCUT2D eigenvalue weighted by Gasteiger charge is -2.19. The number of carbonyl (C=O) groups is 1. The van der Waals surface area contributed by atoms with Gasteiger partial charge in [0.1, 0.15) is 5.75 Å². The van der Waals surface area contributed by atoms with Crippen LogP contribution in [0.3, 0.4) is 0 Å². The second-order valence-electron chi connectivity index (χ2n) is 4.68. The SMILES string of the molecule is COc1ccc(Br)cc1C(Br)C(Br)C(=O)c1ccc(Cl)cc1Cl. The van der Waals surface area contributed by atoms with Crippen molar-refractivity contribution in [1.82, 2.24) is 0 Å². The third kappa shape index (κ3) is 4.51. The minimum Gasteiger partial charge on any atom is -0.496 e. The molecule has 7 heteroatoms. The first-order valence-electron chi connectivity index (χ1n) is 6.46. The van der Waals surface area contributed by atoms with Crippen LogP contribution in [0.1, 0.15) is 20.7 Å². The van der Waals surface area contributed by atoms with Gasteiger partial charge in [-0.2, -0.15) is 0 Å². The fourth-order valence-electron chi connectivity index (χ4n) is 2.05. The van der Waals surface area contributed by atoms with Crippen LogP contribution in [0.5, 0.6) is 5.75 Å². The van der Waals surface area contributed by atoms with Gasteiger partial charge in [-0.05, 0) is 36.4 Å². The molecule has 0 aliphatic rings. The van der Waals surface area contributed by atoms with E-state index in [9.17, 15) is 4.79 Å². The molecule has 0 saturated heterocycles. The second-order valence-corrected chi connectivity index (χ2v) is 8.41. The Hall–Kier alpha value is -0.0700. The number of hydrogen-bond acceptors (Lipinski definition) is 2. The Bertz CT molecular complexity index is 737. The highest BCUT2D eigenvalue weighted by Gasteiger charge is 2.29. The molecule has 23 heavy (non-hydrogen) atoms. The molecule has 0 aliphatic carbocycles. The summed E-state index contributed by atoms with van der Waals surface area (Å²) < 4.78 is 6.27. The molecule has 2 unspecified atom stereocenters. The van der Waals surface area contributed by atoms with Gasteiger partial charge in [0.15, 0.2) is 5.78 Å². The topological polar surface area (TPSA) is 26.3 Å². The molecule has 2 aromatic carbocycles. The molecule has 0 bridgehead atoms. The zero-order chi connectivity index (χ0) is 17.1. The highest BCUT2D eigenvalue weighted by Crippen LogP contribution is 2.40. The van der Waals surface area contributed by atoms with Crippen molar-refractivity contribution in [2.24, 2.45) is 0 Å². The lowest BCUT2D eigenvalue weighted by molar-refractivity contribution is 0.0991. The van der Waals surface area contributed by atoms with E-state index >= 15 is 0 Å². The Kier molecular flexibility index (Phi) is 6.99. The first-order chi connectivity index (χ1) is 10.8. The van der Waals surface area contributed by atoms with Crippen molar-refractivity contribution in [3.05, 3.63) is 62.0 Å². The number of hydrogen-bond donors (Lipinski definition) is 0. The fraction of sp³-hybridized carbons (Fsp3) is 0.188. The standard InChI is InChI=1S/C16H11Br3Cl2O2/c1-23-13-5-2-8(17)6-11(13)14(18)15(19)16(22)10-4-3-9(20)7-12(10)21/h2-7,14-15H,1H3. The van der Waals surface area contributed by atoms with Gasteiger partial charge in [-0.25, -0.2) is 0 Å². The normalized spacial score (nSPS) is 13.5. The maximum Gasteiger partial charge on any atom is 0.179 e. The molecule has 0 aliphatic heterocycles. The highest BCUT2D eigenvalue weighted by molar-refractivity contribution is 9.12. The van der Waals surface area contributed by atoms with E-state index in [-0.39, 0.29) is 10.6 Å². The van der Waals surface area contributed by atoms with Crippen molar-refractivity contribution in [3.8, 4) is 5.75 Å². The predicted octanol–water partition coefficient (Wildman–Crippen LogP) is 6.85. The van der Waals surface area contributed by atoms with Crippen LogP contribution in [0.15, 0.2) is 40.9 Å². The number of rotatable bonds is 5.